The molecule has 6 heteroatoms. The first-order chi connectivity index (χ1) is 13.1. The second-order valence-corrected chi connectivity index (χ2v) is 6.22. The summed E-state index contributed by atoms with van der Waals surface area (Å²) in [4.78, 5) is 24.2. The number of hydrogen-bond acceptors (Lipinski definition) is 4. The number of anilines is 1. The van der Waals surface area contributed by atoms with Gasteiger partial charge in [-0.25, -0.2) is 4.79 Å². The fourth-order valence-corrected chi connectivity index (χ4v) is 2.66. The highest BCUT2D eigenvalue weighted by Gasteiger charge is 2.14. The third-order valence-electron chi connectivity index (χ3n) is 3.78. The van der Waals surface area contributed by atoms with Crippen LogP contribution in [-0.2, 0) is 4.74 Å². The zero-order valence-corrected chi connectivity index (χ0v) is 15.5. The summed E-state index contributed by atoms with van der Waals surface area (Å²) >= 11 is 6.15. The number of ether oxygens (including phenoxy) is 1. The number of esters is 1. The maximum absolute atomic E-state index is 12.4. The summed E-state index contributed by atoms with van der Waals surface area (Å²) in [5.41, 5.74) is 1.69. The lowest BCUT2D eigenvalue weighted by Gasteiger charge is -2.06. The van der Waals surface area contributed by atoms with Crippen molar-refractivity contribution >= 4 is 29.2 Å². The SMILES string of the molecule is CCCOC(=O)c1ccc(NC(=O)c2ccc(-c3ccccc3Cl)o2)cc1. The van der Waals surface area contributed by atoms with Gasteiger partial charge >= 0.3 is 5.97 Å². The number of furan rings is 1. The zero-order valence-electron chi connectivity index (χ0n) is 14.7. The van der Waals surface area contributed by atoms with Gasteiger partial charge in [-0.3, -0.25) is 4.79 Å². The van der Waals surface area contributed by atoms with Crippen LogP contribution in [0.5, 0.6) is 0 Å². The second kappa shape index (κ2) is 8.56. The summed E-state index contributed by atoms with van der Waals surface area (Å²) in [5, 5.41) is 3.27. The first kappa shape index (κ1) is 18.7. The Kier molecular flexibility index (Phi) is 5.94. The maximum Gasteiger partial charge on any atom is 0.338 e. The van der Waals surface area contributed by atoms with Crippen molar-refractivity contribution in [3.8, 4) is 11.3 Å². The first-order valence-electron chi connectivity index (χ1n) is 8.51. The van der Waals surface area contributed by atoms with Crippen LogP contribution in [0.1, 0.15) is 34.3 Å². The molecule has 3 rings (SSSR count). The molecule has 3 aromatic rings. The summed E-state index contributed by atoms with van der Waals surface area (Å²) in [6, 6.07) is 17.0. The summed E-state index contributed by atoms with van der Waals surface area (Å²) in [7, 11) is 0. The lowest BCUT2D eigenvalue weighted by atomic mass is 10.2. The standard InChI is InChI=1S/C21H18ClNO4/c1-2-13-26-21(25)14-7-9-15(10-8-14)23-20(24)19-12-11-18(27-19)16-5-3-4-6-17(16)22/h3-12H,2,13H2,1H3,(H,23,24). The van der Waals surface area contributed by atoms with E-state index in [1.807, 2.05) is 25.1 Å². The molecule has 27 heavy (non-hydrogen) atoms. The number of hydrogen-bond donors (Lipinski definition) is 1. The molecule has 0 spiro atoms. The molecule has 1 heterocycles. The summed E-state index contributed by atoms with van der Waals surface area (Å²) < 4.78 is 10.7. The molecular weight excluding hydrogens is 366 g/mol. The number of carbonyl (C=O) groups is 2. The van der Waals surface area contributed by atoms with E-state index in [1.165, 1.54) is 0 Å². The van der Waals surface area contributed by atoms with Crippen LogP contribution in [0.4, 0.5) is 5.69 Å². The molecular formula is C21H18ClNO4. The lowest BCUT2D eigenvalue weighted by molar-refractivity contribution is 0.0505. The molecule has 0 radical (unpaired) electrons. The molecule has 2 aromatic carbocycles. The quantitative estimate of drug-likeness (QED) is 0.577. The Morgan fingerprint density at radius 3 is 2.48 bits per heavy atom. The Balaban J connectivity index is 1.67. The molecule has 1 aromatic heterocycles. The van der Waals surface area contributed by atoms with E-state index in [2.05, 4.69) is 5.32 Å². The smallest absolute Gasteiger partial charge is 0.338 e. The molecule has 1 amide bonds. The van der Waals surface area contributed by atoms with E-state index in [9.17, 15) is 9.59 Å². The van der Waals surface area contributed by atoms with Gasteiger partial charge in [-0.15, -0.1) is 0 Å². The van der Waals surface area contributed by atoms with Crippen LogP contribution in [0.15, 0.2) is 65.1 Å². The van der Waals surface area contributed by atoms with Crippen molar-refractivity contribution in [3.05, 3.63) is 77.0 Å². The highest BCUT2D eigenvalue weighted by atomic mass is 35.5. The van der Waals surface area contributed by atoms with Crippen molar-refractivity contribution in [3.63, 3.8) is 0 Å². The van der Waals surface area contributed by atoms with Gasteiger partial charge in [-0.1, -0.05) is 30.7 Å². The van der Waals surface area contributed by atoms with E-state index in [0.717, 1.165) is 6.42 Å². The van der Waals surface area contributed by atoms with Gasteiger partial charge in [0.15, 0.2) is 5.76 Å². The van der Waals surface area contributed by atoms with Crippen molar-refractivity contribution in [1.82, 2.24) is 0 Å². The van der Waals surface area contributed by atoms with Gasteiger partial charge < -0.3 is 14.5 Å². The first-order valence-corrected chi connectivity index (χ1v) is 8.89. The molecule has 1 N–H and O–H groups in total. The van der Waals surface area contributed by atoms with Gasteiger partial charge in [0.25, 0.3) is 5.91 Å². The number of nitrogens with one attached hydrogen (secondary N) is 1. The van der Waals surface area contributed by atoms with Crippen molar-refractivity contribution < 1.29 is 18.7 Å². The van der Waals surface area contributed by atoms with Crippen LogP contribution in [-0.4, -0.2) is 18.5 Å². The molecule has 0 saturated heterocycles. The monoisotopic (exact) mass is 383 g/mol. The van der Waals surface area contributed by atoms with Gasteiger partial charge in [-0.05, 0) is 55.0 Å². The number of halogens is 1. The van der Waals surface area contributed by atoms with E-state index in [0.29, 0.717) is 34.2 Å². The lowest BCUT2D eigenvalue weighted by Crippen LogP contribution is -2.11. The normalized spacial score (nSPS) is 10.4. The molecule has 0 fully saturated rings. The van der Waals surface area contributed by atoms with Crippen LogP contribution in [0.3, 0.4) is 0 Å². The summed E-state index contributed by atoms with van der Waals surface area (Å²) in [6.07, 6.45) is 0.763. The highest BCUT2D eigenvalue weighted by Crippen LogP contribution is 2.29. The Morgan fingerprint density at radius 1 is 1.04 bits per heavy atom. The van der Waals surface area contributed by atoms with E-state index >= 15 is 0 Å². The number of rotatable bonds is 6. The Bertz CT molecular complexity index is 947. The van der Waals surface area contributed by atoms with Gasteiger partial charge in [0.05, 0.1) is 17.2 Å². The molecule has 0 aliphatic rings. The van der Waals surface area contributed by atoms with Crippen LogP contribution >= 0.6 is 11.6 Å². The van der Waals surface area contributed by atoms with E-state index in [-0.39, 0.29) is 11.7 Å². The molecule has 0 aliphatic heterocycles. The van der Waals surface area contributed by atoms with Crippen molar-refractivity contribution in [2.75, 3.05) is 11.9 Å². The van der Waals surface area contributed by atoms with Crippen LogP contribution in [0, 0.1) is 0 Å². The predicted octanol–water partition coefficient (Wildman–Crippen LogP) is 5.42. The third kappa shape index (κ3) is 4.57. The molecule has 5 nitrogen and oxygen atoms in total. The van der Waals surface area contributed by atoms with Crippen LogP contribution < -0.4 is 5.32 Å². The molecule has 0 unspecified atom stereocenters. The Morgan fingerprint density at radius 2 is 1.78 bits per heavy atom. The molecule has 0 aliphatic carbocycles. The number of carbonyl (C=O) groups excluding carboxylic acids is 2. The van der Waals surface area contributed by atoms with E-state index in [1.54, 1.807) is 42.5 Å². The fourth-order valence-electron chi connectivity index (χ4n) is 2.43. The summed E-state index contributed by atoms with van der Waals surface area (Å²) in [6.45, 7) is 2.31. The molecule has 138 valence electrons. The van der Waals surface area contributed by atoms with Gasteiger partial charge in [0.1, 0.15) is 5.76 Å². The maximum atomic E-state index is 12.4. The van der Waals surface area contributed by atoms with Gasteiger partial charge in [-0.2, -0.15) is 0 Å². The van der Waals surface area contributed by atoms with Crippen molar-refractivity contribution in [2.45, 2.75) is 13.3 Å². The molecule has 0 atom stereocenters. The minimum Gasteiger partial charge on any atom is -0.462 e. The topological polar surface area (TPSA) is 68.5 Å². The molecule has 0 saturated carbocycles. The Hall–Kier alpha value is -3.05. The molecule has 0 bridgehead atoms. The average Bonchev–Trinajstić information content (AvgIpc) is 3.17. The number of amides is 1. The minimum atomic E-state index is -0.394. The van der Waals surface area contributed by atoms with Crippen molar-refractivity contribution in [2.24, 2.45) is 0 Å². The zero-order chi connectivity index (χ0) is 19.2. The van der Waals surface area contributed by atoms with Crippen LogP contribution in [0.2, 0.25) is 5.02 Å². The minimum absolute atomic E-state index is 0.163. The highest BCUT2D eigenvalue weighted by molar-refractivity contribution is 6.33. The number of benzene rings is 2. The van der Waals surface area contributed by atoms with Crippen molar-refractivity contribution in [1.29, 1.82) is 0 Å². The fraction of sp³-hybridized carbons (Fsp3) is 0.143. The van der Waals surface area contributed by atoms with E-state index in [4.69, 9.17) is 20.8 Å². The van der Waals surface area contributed by atoms with Gasteiger partial charge in [0.2, 0.25) is 0 Å². The van der Waals surface area contributed by atoms with Gasteiger partial charge in [0, 0.05) is 11.3 Å². The third-order valence-corrected chi connectivity index (χ3v) is 4.11. The second-order valence-electron chi connectivity index (χ2n) is 5.81. The predicted molar refractivity (Wildman–Crippen MR) is 104 cm³/mol. The Labute approximate surface area is 161 Å². The average molecular weight is 384 g/mol. The van der Waals surface area contributed by atoms with E-state index < -0.39 is 5.91 Å². The summed E-state index contributed by atoms with van der Waals surface area (Å²) in [5.74, 6) is -0.101. The largest absolute Gasteiger partial charge is 0.462 e. The van der Waals surface area contributed by atoms with Crippen LogP contribution in [0.25, 0.3) is 11.3 Å².